The molecular formula is C20H28ClN5O. The SMILES string of the molecule is CN=C(NCC(C)Oc1ccccc1Cl)N1CCC(Cc2cnn(C)c2)C1. The number of halogens is 1. The van der Waals surface area contributed by atoms with Gasteiger partial charge in [-0.3, -0.25) is 9.67 Å². The molecule has 1 saturated heterocycles. The van der Waals surface area contributed by atoms with Crippen LogP contribution in [0, 0.1) is 5.92 Å². The third-order valence-corrected chi connectivity index (χ3v) is 5.10. The zero-order chi connectivity index (χ0) is 19.2. The first-order valence-electron chi connectivity index (χ1n) is 9.39. The van der Waals surface area contributed by atoms with Crippen molar-refractivity contribution in [2.24, 2.45) is 18.0 Å². The quantitative estimate of drug-likeness (QED) is 0.609. The summed E-state index contributed by atoms with van der Waals surface area (Å²) in [6, 6.07) is 7.54. The minimum Gasteiger partial charge on any atom is -0.487 e. The molecule has 0 amide bonds. The largest absolute Gasteiger partial charge is 0.487 e. The molecule has 1 aromatic carbocycles. The van der Waals surface area contributed by atoms with Gasteiger partial charge in [0.2, 0.25) is 0 Å². The van der Waals surface area contributed by atoms with Gasteiger partial charge in [-0.05, 0) is 43.4 Å². The predicted molar refractivity (Wildman–Crippen MR) is 109 cm³/mol. The Morgan fingerprint density at radius 3 is 2.96 bits per heavy atom. The van der Waals surface area contributed by atoms with Crippen molar-refractivity contribution >= 4 is 17.6 Å². The van der Waals surface area contributed by atoms with Crippen molar-refractivity contribution < 1.29 is 4.74 Å². The predicted octanol–water partition coefficient (Wildman–Crippen LogP) is 2.98. The first kappa shape index (κ1) is 19.5. The van der Waals surface area contributed by atoms with E-state index in [-0.39, 0.29) is 6.10 Å². The molecule has 0 spiro atoms. The number of aryl methyl sites for hydroxylation is 1. The minimum atomic E-state index is -0.0181. The van der Waals surface area contributed by atoms with Crippen molar-refractivity contribution in [1.29, 1.82) is 0 Å². The number of likely N-dealkylation sites (tertiary alicyclic amines) is 1. The molecule has 7 heteroatoms. The van der Waals surface area contributed by atoms with Crippen LogP contribution in [-0.4, -0.2) is 53.4 Å². The average molecular weight is 390 g/mol. The Labute approximate surface area is 166 Å². The Morgan fingerprint density at radius 2 is 2.26 bits per heavy atom. The van der Waals surface area contributed by atoms with Gasteiger partial charge in [0.15, 0.2) is 5.96 Å². The number of nitrogens with one attached hydrogen (secondary N) is 1. The molecule has 146 valence electrons. The molecule has 2 aromatic rings. The average Bonchev–Trinajstić information content (AvgIpc) is 3.27. The fourth-order valence-electron chi connectivity index (χ4n) is 3.47. The molecule has 1 aliphatic heterocycles. The van der Waals surface area contributed by atoms with Crippen molar-refractivity contribution in [2.45, 2.75) is 25.9 Å². The van der Waals surface area contributed by atoms with Crippen LogP contribution in [0.15, 0.2) is 41.7 Å². The lowest BCUT2D eigenvalue weighted by Crippen LogP contribution is -2.43. The number of hydrogen-bond donors (Lipinski definition) is 1. The molecule has 6 nitrogen and oxygen atoms in total. The number of nitrogens with zero attached hydrogens (tertiary/aromatic N) is 4. The molecule has 2 unspecified atom stereocenters. The van der Waals surface area contributed by atoms with E-state index >= 15 is 0 Å². The summed E-state index contributed by atoms with van der Waals surface area (Å²) in [5, 5.41) is 8.32. The normalized spacial score (nSPS) is 18.6. The highest BCUT2D eigenvalue weighted by Crippen LogP contribution is 2.24. The Kier molecular flexibility index (Phi) is 6.61. The van der Waals surface area contributed by atoms with Crippen molar-refractivity contribution in [3.63, 3.8) is 0 Å². The van der Waals surface area contributed by atoms with E-state index in [0.29, 0.717) is 23.2 Å². The summed E-state index contributed by atoms with van der Waals surface area (Å²) in [6.07, 6.45) is 6.28. The number of rotatable bonds is 6. The number of aromatic nitrogens is 2. The Morgan fingerprint density at radius 1 is 1.44 bits per heavy atom. The molecule has 2 atom stereocenters. The molecule has 1 aromatic heterocycles. The highest BCUT2D eigenvalue weighted by molar-refractivity contribution is 6.32. The molecule has 0 aliphatic carbocycles. The second kappa shape index (κ2) is 9.13. The smallest absolute Gasteiger partial charge is 0.193 e. The summed E-state index contributed by atoms with van der Waals surface area (Å²) >= 11 is 6.16. The maximum Gasteiger partial charge on any atom is 0.193 e. The van der Waals surface area contributed by atoms with Crippen molar-refractivity contribution in [3.8, 4) is 5.75 Å². The molecule has 1 aliphatic rings. The van der Waals surface area contributed by atoms with Gasteiger partial charge >= 0.3 is 0 Å². The highest BCUT2D eigenvalue weighted by Gasteiger charge is 2.25. The van der Waals surface area contributed by atoms with Crippen LogP contribution in [0.4, 0.5) is 0 Å². The Bertz CT molecular complexity index is 775. The van der Waals surface area contributed by atoms with E-state index in [1.165, 1.54) is 12.0 Å². The lowest BCUT2D eigenvalue weighted by atomic mass is 10.0. The molecule has 2 heterocycles. The zero-order valence-electron chi connectivity index (χ0n) is 16.2. The van der Waals surface area contributed by atoms with E-state index in [1.54, 1.807) is 0 Å². The third-order valence-electron chi connectivity index (χ3n) is 4.79. The molecule has 1 N–H and O–H groups in total. The lowest BCUT2D eigenvalue weighted by Gasteiger charge is -2.24. The van der Waals surface area contributed by atoms with Crippen molar-refractivity contribution in [1.82, 2.24) is 20.0 Å². The van der Waals surface area contributed by atoms with Gasteiger partial charge in [0, 0.05) is 33.4 Å². The second-order valence-corrected chi connectivity index (χ2v) is 7.52. The van der Waals surface area contributed by atoms with E-state index in [0.717, 1.165) is 25.5 Å². The number of hydrogen-bond acceptors (Lipinski definition) is 3. The number of ether oxygens (including phenoxy) is 1. The van der Waals surface area contributed by atoms with Gasteiger partial charge in [-0.1, -0.05) is 23.7 Å². The first-order valence-corrected chi connectivity index (χ1v) is 9.77. The van der Waals surface area contributed by atoms with Gasteiger partial charge in [0.25, 0.3) is 0 Å². The second-order valence-electron chi connectivity index (χ2n) is 7.11. The van der Waals surface area contributed by atoms with E-state index in [9.17, 15) is 0 Å². The summed E-state index contributed by atoms with van der Waals surface area (Å²) < 4.78 is 7.79. The van der Waals surface area contributed by atoms with Crippen LogP contribution >= 0.6 is 11.6 Å². The van der Waals surface area contributed by atoms with Crippen LogP contribution in [0.5, 0.6) is 5.75 Å². The standard InChI is InChI=1S/C20H28ClN5O/c1-15(27-19-7-5-4-6-18(19)21)11-23-20(22-2)26-9-8-16(14-26)10-17-12-24-25(3)13-17/h4-7,12-13,15-16H,8-11,14H2,1-3H3,(H,22,23). The number of para-hydroxylation sites is 1. The maximum atomic E-state index is 6.16. The summed E-state index contributed by atoms with van der Waals surface area (Å²) in [6.45, 7) is 4.72. The van der Waals surface area contributed by atoms with Crippen molar-refractivity contribution in [3.05, 3.63) is 47.2 Å². The molecule has 0 radical (unpaired) electrons. The molecular weight excluding hydrogens is 362 g/mol. The van der Waals surface area contributed by atoms with Crippen LogP contribution in [0.3, 0.4) is 0 Å². The molecule has 1 fully saturated rings. The number of aliphatic imine (C=N–C) groups is 1. The van der Waals surface area contributed by atoms with E-state index in [4.69, 9.17) is 16.3 Å². The summed E-state index contributed by atoms with van der Waals surface area (Å²) in [5.74, 6) is 2.27. The Balaban J connectivity index is 1.47. The maximum absolute atomic E-state index is 6.16. The summed E-state index contributed by atoms with van der Waals surface area (Å²) in [5.41, 5.74) is 1.30. The van der Waals surface area contributed by atoms with Gasteiger partial charge in [-0.2, -0.15) is 5.10 Å². The fourth-order valence-corrected chi connectivity index (χ4v) is 3.65. The zero-order valence-corrected chi connectivity index (χ0v) is 17.0. The summed E-state index contributed by atoms with van der Waals surface area (Å²) in [7, 11) is 3.79. The topological polar surface area (TPSA) is 54.7 Å². The molecule has 0 bridgehead atoms. The van der Waals surface area contributed by atoms with Crippen LogP contribution in [0.2, 0.25) is 5.02 Å². The molecule has 0 saturated carbocycles. The van der Waals surface area contributed by atoms with Gasteiger partial charge < -0.3 is 15.0 Å². The Hall–Kier alpha value is -2.21. The van der Waals surface area contributed by atoms with Gasteiger partial charge in [0.05, 0.1) is 17.8 Å². The van der Waals surface area contributed by atoms with Gasteiger partial charge in [-0.15, -0.1) is 0 Å². The third kappa shape index (κ3) is 5.39. The van der Waals surface area contributed by atoms with E-state index in [2.05, 4.69) is 26.5 Å². The van der Waals surface area contributed by atoms with Crippen LogP contribution in [0.25, 0.3) is 0 Å². The fraction of sp³-hybridized carbons (Fsp3) is 0.500. The summed E-state index contributed by atoms with van der Waals surface area (Å²) in [4.78, 5) is 6.77. The van der Waals surface area contributed by atoms with Gasteiger partial charge in [0.1, 0.15) is 11.9 Å². The monoisotopic (exact) mass is 389 g/mol. The minimum absolute atomic E-state index is 0.0181. The van der Waals surface area contributed by atoms with E-state index < -0.39 is 0 Å². The number of guanidine groups is 1. The number of benzene rings is 1. The van der Waals surface area contributed by atoms with E-state index in [1.807, 2.05) is 56.2 Å². The molecule has 27 heavy (non-hydrogen) atoms. The van der Waals surface area contributed by atoms with Crippen molar-refractivity contribution in [2.75, 3.05) is 26.7 Å². The van der Waals surface area contributed by atoms with Crippen LogP contribution in [-0.2, 0) is 13.5 Å². The van der Waals surface area contributed by atoms with Gasteiger partial charge in [-0.25, -0.2) is 0 Å². The van der Waals surface area contributed by atoms with Crippen LogP contribution < -0.4 is 10.1 Å². The highest BCUT2D eigenvalue weighted by atomic mass is 35.5. The lowest BCUT2D eigenvalue weighted by molar-refractivity contribution is 0.222. The first-order chi connectivity index (χ1) is 13.0. The van der Waals surface area contributed by atoms with Crippen LogP contribution in [0.1, 0.15) is 18.9 Å². The molecule has 3 rings (SSSR count).